The fourth-order valence-electron chi connectivity index (χ4n) is 3.44. The topological polar surface area (TPSA) is 40.5 Å². The van der Waals surface area contributed by atoms with Crippen LogP contribution < -0.4 is 0 Å². The number of phenolic OH excluding ortho intramolecular Hbond substituents is 2. The molecule has 29 heavy (non-hydrogen) atoms. The first-order chi connectivity index (χ1) is 14.2. The Labute approximate surface area is 172 Å². The second-order valence-electron chi connectivity index (χ2n) is 6.87. The summed E-state index contributed by atoms with van der Waals surface area (Å²) in [7, 11) is 0. The number of para-hydroxylation sites is 2. The van der Waals surface area contributed by atoms with Gasteiger partial charge in [-0.05, 0) is 53.8 Å². The second-order valence-corrected chi connectivity index (χ2v) is 6.87. The van der Waals surface area contributed by atoms with E-state index < -0.39 is 0 Å². The molecule has 0 fully saturated rings. The normalized spacial score (nSPS) is 13.9. The zero-order valence-corrected chi connectivity index (χ0v) is 16.4. The molecule has 1 unspecified atom stereocenters. The van der Waals surface area contributed by atoms with Gasteiger partial charge in [0.05, 0.1) is 0 Å². The van der Waals surface area contributed by atoms with E-state index in [0.29, 0.717) is 17.4 Å². The van der Waals surface area contributed by atoms with E-state index in [-0.39, 0.29) is 0 Å². The summed E-state index contributed by atoms with van der Waals surface area (Å²) < 4.78 is 0. The van der Waals surface area contributed by atoms with Gasteiger partial charge in [-0.25, -0.2) is 0 Å². The number of aromatic hydroxyl groups is 2. The van der Waals surface area contributed by atoms with Gasteiger partial charge in [0.25, 0.3) is 0 Å². The Hall–Kier alpha value is -3.52. The van der Waals surface area contributed by atoms with E-state index in [9.17, 15) is 0 Å². The average Bonchev–Trinajstić information content (AvgIpc) is 3.21. The van der Waals surface area contributed by atoms with Gasteiger partial charge >= 0.3 is 0 Å². The Morgan fingerprint density at radius 2 is 0.966 bits per heavy atom. The Kier molecular flexibility index (Phi) is 7.48. The standard InChI is InChI=1S/C15H14.2C6H6O/c1-2-6-12(7-3-1)15-11-10-13-8-4-5-9-14(13)15;2*7-6-4-2-1-3-5-6/h1-9,15H,10-11H2;2*1-5,7H. The van der Waals surface area contributed by atoms with E-state index in [1.807, 2.05) is 12.1 Å². The minimum absolute atomic E-state index is 0.322. The molecule has 0 heterocycles. The van der Waals surface area contributed by atoms with Crippen molar-refractivity contribution in [1.82, 2.24) is 0 Å². The lowest BCUT2D eigenvalue weighted by atomic mass is 9.93. The van der Waals surface area contributed by atoms with Crippen molar-refractivity contribution < 1.29 is 10.2 Å². The number of fused-ring (bicyclic) bond motifs is 1. The Morgan fingerprint density at radius 3 is 1.45 bits per heavy atom. The third kappa shape index (κ3) is 6.25. The molecule has 2 N–H and O–H groups in total. The molecule has 0 radical (unpaired) electrons. The van der Waals surface area contributed by atoms with E-state index in [4.69, 9.17) is 10.2 Å². The average molecular weight is 383 g/mol. The first-order valence-electron chi connectivity index (χ1n) is 9.85. The van der Waals surface area contributed by atoms with Gasteiger partial charge in [0.15, 0.2) is 0 Å². The van der Waals surface area contributed by atoms with E-state index >= 15 is 0 Å². The van der Waals surface area contributed by atoms with Crippen molar-refractivity contribution in [2.45, 2.75) is 18.8 Å². The number of hydrogen-bond donors (Lipinski definition) is 2. The summed E-state index contributed by atoms with van der Waals surface area (Å²) in [6.45, 7) is 0. The summed E-state index contributed by atoms with van der Waals surface area (Å²) in [6, 6.07) is 37.1. The third-order valence-corrected chi connectivity index (χ3v) is 4.85. The fraction of sp³-hybridized carbons (Fsp3) is 0.111. The predicted octanol–water partition coefficient (Wildman–Crippen LogP) is 6.55. The number of hydrogen-bond acceptors (Lipinski definition) is 2. The molecule has 2 heteroatoms. The summed E-state index contributed by atoms with van der Waals surface area (Å²) in [5, 5.41) is 17.3. The molecule has 2 nitrogen and oxygen atoms in total. The highest BCUT2D eigenvalue weighted by Gasteiger charge is 2.22. The van der Waals surface area contributed by atoms with Crippen molar-refractivity contribution in [2.24, 2.45) is 0 Å². The van der Waals surface area contributed by atoms with Crippen molar-refractivity contribution in [3.05, 3.63) is 132 Å². The van der Waals surface area contributed by atoms with Crippen LogP contribution in [0.4, 0.5) is 0 Å². The van der Waals surface area contributed by atoms with Crippen molar-refractivity contribution in [3.8, 4) is 11.5 Å². The maximum absolute atomic E-state index is 8.63. The first-order valence-corrected chi connectivity index (χ1v) is 9.85. The van der Waals surface area contributed by atoms with Gasteiger partial charge in [-0.2, -0.15) is 0 Å². The molecule has 0 aromatic heterocycles. The van der Waals surface area contributed by atoms with Gasteiger partial charge in [-0.3, -0.25) is 0 Å². The van der Waals surface area contributed by atoms with Crippen LogP contribution >= 0.6 is 0 Å². The van der Waals surface area contributed by atoms with Gasteiger partial charge < -0.3 is 10.2 Å². The minimum atomic E-state index is 0.322. The Bertz CT molecular complexity index is 929. The van der Waals surface area contributed by atoms with Crippen LogP contribution in [0, 0.1) is 0 Å². The molecule has 146 valence electrons. The van der Waals surface area contributed by atoms with E-state index in [1.54, 1.807) is 48.5 Å². The molecule has 1 atom stereocenters. The maximum atomic E-state index is 8.63. The first kappa shape index (κ1) is 20.2. The summed E-state index contributed by atoms with van der Waals surface area (Å²) in [4.78, 5) is 0. The quantitative estimate of drug-likeness (QED) is 0.392. The van der Waals surface area contributed by atoms with Crippen LogP contribution in [-0.4, -0.2) is 10.2 Å². The zero-order chi connectivity index (χ0) is 20.3. The van der Waals surface area contributed by atoms with Gasteiger partial charge in [-0.15, -0.1) is 0 Å². The smallest absolute Gasteiger partial charge is 0.115 e. The molecule has 0 amide bonds. The molecule has 5 rings (SSSR count). The van der Waals surface area contributed by atoms with E-state index in [1.165, 1.54) is 29.5 Å². The monoisotopic (exact) mass is 382 g/mol. The Balaban J connectivity index is 0.000000143. The summed E-state index contributed by atoms with van der Waals surface area (Å²) in [5.74, 6) is 1.27. The lowest BCUT2D eigenvalue weighted by Gasteiger charge is -2.11. The molecule has 4 aromatic carbocycles. The van der Waals surface area contributed by atoms with Crippen LogP contribution in [0.15, 0.2) is 115 Å². The van der Waals surface area contributed by atoms with Crippen LogP contribution in [0.5, 0.6) is 11.5 Å². The van der Waals surface area contributed by atoms with Crippen LogP contribution in [-0.2, 0) is 6.42 Å². The lowest BCUT2D eigenvalue weighted by Crippen LogP contribution is -1.94. The molecule has 1 aliphatic carbocycles. The third-order valence-electron chi connectivity index (χ3n) is 4.85. The zero-order valence-electron chi connectivity index (χ0n) is 16.4. The summed E-state index contributed by atoms with van der Waals surface area (Å²) >= 11 is 0. The molecule has 4 aromatic rings. The van der Waals surface area contributed by atoms with Gasteiger partial charge in [0, 0.05) is 5.92 Å². The number of phenols is 2. The second kappa shape index (κ2) is 10.7. The Morgan fingerprint density at radius 1 is 0.517 bits per heavy atom. The molecule has 0 bridgehead atoms. The van der Waals surface area contributed by atoms with Crippen molar-refractivity contribution in [2.75, 3.05) is 0 Å². The number of benzene rings is 4. The summed E-state index contributed by atoms with van der Waals surface area (Å²) in [6.07, 6.45) is 2.50. The van der Waals surface area contributed by atoms with Crippen LogP contribution in [0.1, 0.15) is 29.0 Å². The highest BCUT2D eigenvalue weighted by molar-refractivity contribution is 5.41. The number of aryl methyl sites for hydroxylation is 1. The van der Waals surface area contributed by atoms with Crippen molar-refractivity contribution in [1.29, 1.82) is 0 Å². The van der Waals surface area contributed by atoms with Gasteiger partial charge in [-0.1, -0.05) is 91.0 Å². The molecule has 0 aliphatic heterocycles. The number of rotatable bonds is 1. The molecule has 1 aliphatic rings. The van der Waals surface area contributed by atoms with E-state index in [2.05, 4.69) is 54.6 Å². The largest absolute Gasteiger partial charge is 0.508 e. The molecular formula is C27H26O2. The molecular weight excluding hydrogens is 356 g/mol. The molecule has 0 spiro atoms. The van der Waals surface area contributed by atoms with Gasteiger partial charge in [0.1, 0.15) is 11.5 Å². The molecule has 0 saturated carbocycles. The van der Waals surface area contributed by atoms with Crippen LogP contribution in [0.2, 0.25) is 0 Å². The predicted molar refractivity (Wildman–Crippen MR) is 119 cm³/mol. The van der Waals surface area contributed by atoms with Crippen molar-refractivity contribution >= 4 is 0 Å². The van der Waals surface area contributed by atoms with Crippen LogP contribution in [0.25, 0.3) is 0 Å². The SMILES string of the molecule is Oc1ccccc1.Oc1ccccc1.c1ccc(C2CCc3ccccc32)cc1. The minimum Gasteiger partial charge on any atom is -0.508 e. The summed E-state index contributed by atoms with van der Waals surface area (Å²) in [5.41, 5.74) is 4.53. The lowest BCUT2D eigenvalue weighted by molar-refractivity contribution is 0.475. The molecule has 0 saturated heterocycles. The maximum Gasteiger partial charge on any atom is 0.115 e. The van der Waals surface area contributed by atoms with E-state index in [0.717, 1.165) is 0 Å². The highest BCUT2D eigenvalue weighted by atomic mass is 16.3. The van der Waals surface area contributed by atoms with Crippen LogP contribution in [0.3, 0.4) is 0 Å². The van der Waals surface area contributed by atoms with Crippen molar-refractivity contribution in [3.63, 3.8) is 0 Å². The van der Waals surface area contributed by atoms with Gasteiger partial charge in [0.2, 0.25) is 0 Å². The highest BCUT2D eigenvalue weighted by Crippen LogP contribution is 2.37. The fourth-order valence-corrected chi connectivity index (χ4v) is 3.44.